The van der Waals surface area contributed by atoms with Crippen LogP contribution >= 0.6 is 12.4 Å². The minimum Gasteiger partial charge on any atom is -0.465 e. The van der Waals surface area contributed by atoms with E-state index in [4.69, 9.17) is 4.74 Å². The van der Waals surface area contributed by atoms with Gasteiger partial charge in [0.25, 0.3) is 0 Å². The van der Waals surface area contributed by atoms with E-state index >= 15 is 0 Å². The van der Waals surface area contributed by atoms with Crippen LogP contribution in [0.4, 0.5) is 0 Å². The van der Waals surface area contributed by atoms with E-state index in [1.807, 2.05) is 6.92 Å². The molecule has 0 bridgehead atoms. The molecule has 0 saturated carbocycles. The summed E-state index contributed by atoms with van der Waals surface area (Å²) in [7, 11) is 1.79. The van der Waals surface area contributed by atoms with Crippen molar-refractivity contribution in [1.29, 1.82) is 0 Å². The summed E-state index contributed by atoms with van der Waals surface area (Å²) in [6.07, 6.45) is 1.71. The molecule has 0 aliphatic heterocycles. The van der Waals surface area contributed by atoms with E-state index < -0.39 is 0 Å². The first-order valence-electron chi connectivity index (χ1n) is 4.95. The van der Waals surface area contributed by atoms with E-state index in [1.165, 1.54) is 0 Å². The monoisotopic (exact) mass is 223 g/mol. The van der Waals surface area contributed by atoms with Gasteiger partial charge in [-0.15, -0.1) is 12.4 Å². The summed E-state index contributed by atoms with van der Waals surface area (Å²) in [4.78, 5) is 11.4. The van der Waals surface area contributed by atoms with Gasteiger partial charge in [0.15, 0.2) is 0 Å². The second-order valence-corrected chi connectivity index (χ2v) is 3.64. The maximum Gasteiger partial charge on any atom is 0.323 e. The van der Waals surface area contributed by atoms with Crippen LogP contribution in [0.2, 0.25) is 0 Å². The number of hydrogen-bond acceptors (Lipinski definition) is 3. The van der Waals surface area contributed by atoms with Crippen LogP contribution in [0.3, 0.4) is 0 Å². The van der Waals surface area contributed by atoms with Crippen LogP contribution in [0.15, 0.2) is 0 Å². The molecule has 0 aliphatic carbocycles. The molecule has 0 radical (unpaired) electrons. The SMILES string of the molecule is CCCOC(=O)C(CC(C)C)NC.Cl. The van der Waals surface area contributed by atoms with Gasteiger partial charge in [-0.2, -0.15) is 0 Å². The van der Waals surface area contributed by atoms with Gasteiger partial charge in [0.2, 0.25) is 0 Å². The summed E-state index contributed by atoms with van der Waals surface area (Å²) < 4.78 is 5.04. The topological polar surface area (TPSA) is 38.3 Å². The molecule has 0 aromatic heterocycles. The van der Waals surface area contributed by atoms with E-state index in [0.29, 0.717) is 12.5 Å². The summed E-state index contributed by atoms with van der Waals surface area (Å²) in [6, 6.07) is -0.147. The molecule has 0 aromatic carbocycles. The first kappa shape index (κ1) is 16.2. The van der Waals surface area contributed by atoms with Gasteiger partial charge in [0.05, 0.1) is 6.61 Å². The Labute approximate surface area is 93.0 Å². The average Bonchev–Trinajstić information content (AvgIpc) is 2.09. The first-order chi connectivity index (χ1) is 6.11. The molecule has 1 unspecified atom stereocenters. The number of carbonyl (C=O) groups excluding carboxylic acids is 1. The minimum absolute atomic E-state index is 0. The second-order valence-electron chi connectivity index (χ2n) is 3.64. The van der Waals surface area contributed by atoms with E-state index in [-0.39, 0.29) is 24.4 Å². The lowest BCUT2D eigenvalue weighted by Crippen LogP contribution is -2.36. The van der Waals surface area contributed by atoms with Crippen LogP contribution < -0.4 is 5.32 Å². The fourth-order valence-corrected chi connectivity index (χ4v) is 1.11. The van der Waals surface area contributed by atoms with Gasteiger partial charge in [-0.25, -0.2) is 0 Å². The zero-order valence-corrected chi connectivity index (χ0v) is 10.3. The fourth-order valence-electron chi connectivity index (χ4n) is 1.11. The zero-order valence-electron chi connectivity index (χ0n) is 9.50. The molecular formula is C10H22ClNO2. The highest BCUT2D eigenvalue weighted by Crippen LogP contribution is 2.05. The van der Waals surface area contributed by atoms with Gasteiger partial charge in [-0.1, -0.05) is 20.8 Å². The Morgan fingerprint density at radius 3 is 2.36 bits per heavy atom. The van der Waals surface area contributed by atoms with Crippen molar-refractivity contribution in [2.24, 2.45) is 5.92 Å². The summed E-state index contributed by atoms with van der Waals surface area (Å²) in [5.41, 5.74) is 0. The van der Waals surface area contributed by atoms with Crippen molar-refractivity contribution in [3.8, 4) is 0 Å². The molecule has 0 spiro atoms. The lowest BCUT2D eigenvalue weighted by atomic mass is 10.0. The molecule has 0 amide bonds. The van der Waals surface area contributed by atoms with Gasteiger partial charge < -0.3 is 10.1 Å². The fraction of sp³-hybridized carbons (Fsp3) is 0.900. The highest BCUT2D eigenvalue weighted by Gasteiger charge is 2.18. The summed E-state index contributed by atoms with van der Waals surface area (Å²) in [5.74, 6) is 0.379. The Morgan fingerprint density at radius 2 is 2.00 bits per heavy atom. The van der Waals surface area contributed by atoms with Crippen LogP contribution in [0, 0.1) is 5.92 Å². The van der Waals surface area contributed by atoms with Crippen LogP contribution in [0.25, 0.3) is 0 Å². The molecule has 0 aromatic rings. The first-order valence-corrected chi connectivity index (χ1v) is 4.95. The lowest BCUT2D eigenvalue weighted by molar-refractivity contribution is -0.146. The predicted octanol–water partition coefficient (Wildman–Crippen LogP) is 2.00. The van der Waals surface area contributed by atoms with Gasteiger partial charge in [-0.05, 0) is 25.8 Å². The van der Waals surface area contributed by atoms with E-state index in [9.17, 15) is 4.79 Å². The van der Waals surface area contributed by atoms with Crippen molar-refractivity contribution in [3.05, 3.63) is 0 Å². The van der Waals surface area contributed by atoms with E-state index in [2.05, 4.69) is 19.2 Å². The third-order valence-electron chi connectivity index (χ3n) is 1.79. The molecule has 1 N–H and O–H groups in total. The number of carbonyl (C=O) groups is 1. The molecular weight excluding hydrogens is 202 g/mol. The molecule has 14 heavy (non-hydrogen) atoms. The third kappa shape index (κ3) is 7.15. The summed E-state index contributed by atoms with van der Waals surface area (Å²) in [6.45, 7) is 6.70. The molecule has 0 heterocycles. The normalized spacial score (nSPS) is 12.1. The lowest BCUT2D eigenvalue weighted by Gasteiger charge is -2.16. The molecule has 0 rings (SSSR count). The largest absolute Gasteiger partial charge is 0.465 e. The highest BCUT2D eigenvalue weighted by molar-refractivity contribution is 5.85. The second kappa shape index (κ2) is 9.28. The Morgan fingerprint density at radius 1 is 1.43 bits per heavy atom. The Hall–Kier alpha value is -0.280. The van der Waals surface area contributed by atoms with Gasteiger partial charge in [0, 0.05) is 0 Å². The maximum atomic E-state index is 11.4. The van der Waals surface area contributed by atoms with Crippen molar-refractivity contribution in [1.82, 2.24) is 5.32 Å². The standard InChI is InChI=1S/C10H21NO2.ClH/c1-5-6-13-10(12)9(11-4)7-8(2)3;/h8-9,11H,5-7H2,1-4H3;1H. The highest BCUT2D eigenvalue weighted by atomic mass is 35.5. The number of rotatable bonds is 6. The maximum absolute atomic E-state index is 11.4. The van der Waals surface area contributed by atoms with Crippen LogP contribution in [-0.4, -0.2) is 25.7 Å². The van der Waals surface area contributed by atoms with Gasteiger partial charge in [-0.3, -0.25) is 4.79 Å². The van der Waals surface area contributed by atoms with Crippen LogP contribution in [-0.2, 0) is 9.53 Å². The number of esters is 1. The molecule has 0 aliphatic rings. The molecule has 1 atom stereocenters. The van der Waals surface area contributed by atoms with Crippen molar-refractivity contribution in [3.63, 3.8) is 0 Å². The number of ether oxygens (including phenoxy) is 1. The number of hydrogen-bond donors (Lipinski definition) is 1. The zero-order chi connectivity index (χ0) is 10.3. The van der Waals surface area contributed by atoms with Crippen LogP contribution in [0.5, 0.6) is 0 Å². The van der Waals surface area contributed by atoms with Crippen molar-refractivity contribution in [2.45, 2.75) is 39.7 Å². The minimum atomic E-state index is -0.147. The van der Waals surface area contributed by atoms with E-state index in [0.717, 1.165) is 12.8 Å². The molecule has 0 fully saturated rings. The third-order valence-corrected chi connectivity index (χ3v) is 1.79. The smallest absolute Gasteiger partial charge is 0.323 e. The number of halogens is 1. The molecule has 3 nitrogen and oxygen atoms in total. The Balaban J connectivity index is 0. The van der Waals surface area contributed by atoms with E-state index in [1.54, 1.807) is 7.05 Å². The van der Waals surface area contributed by atoms with Gasteiger partial charge >= 0.3 is 5.97 Å². The quantitative estimate of drug-likeness (QED) is 0.700. The van der Waals surface area contributed by atoms with Crippen molar-refractivity contribution < 1.29 is 9.53 Å². The molecule has 86 valence electrons. The van der Waals surface area contributed by atoms with Crippen molar-refractivity contribution >= 4 is 18.4 Å². The Bertz CT molecular complexity index is 151. The average molecular weight is 224 g/mol. The van der Waals surface area contributed by atoms with Crippen molar-refractivity contribution in [2.75, 3.05) is 13.7 Å². The summed E-state index contributed by atoms with van der Waals surface area (Å²) in [5, 5.41) is 2.97. The number of likely N-dealkylation sites (N-methyl/N-ethyl adjacent to an activating group) is 1. The molecule has 0 saturated heterocycles. The number of nitrogens with one attached hydrogen (secondary N) is 1. The van der Waals surface area contributed by atoms with Crippen LogP contribution in [0.1, 0.15) is 33.6 Å². The Kier molecular flexibility index (Phi) is 10.7. The van der Waals surface area contributed by atoms with Gasteiger partial charge in [0.1, 0.15) is 6.04 Å². The summed E-state index contributed by atoms with van der Waals surface area (Å²) >= 11 is 0. The predicted molar refractivity (Wildman–Crippen MR) is 60.8 cm³/mol. The molecule has 4 heteroatoms.